The summed E-state index contributed by atoms with van der Waals surface area (Å²) in [5.74, 6) is 3.36. The van der Waals surface area contributed by atoms with Gasteiger partial charge in [-0.3, -0.25) is 9.97 Å². The Labute approximate surface area is 319 Å². The van der Waals surface area contributed by atoms with Crippen molar-refractivity contribution in [3.05, 3.63) is 167 Å². The molecule has 0 amide bonds. The molecule has 268 valence electrons. The summed E-state index contributed by atoms with van der Waals surface area (Å²) in [6, 6.07) is 30.1. The monoisotopic (exact) mass is 706 g/mol. The van der Waals surface area contributed by atoms with Crippen LogP contribution in [0.5, 0.6) is 0 Å². The van der Waals surface area contributed by atoms with Crippen LogP contribution in [0.1, 0.15) is 84.4 Å². The minimum Gasteiger partial charge on any atom is -0.367 e. The molecule has 6 atom stereocenters. The summed E-state index contributed by atoms with van der Waals surface area (Å²) in [7, 11) is 0. The van der Waals surface area contributed by atoms with Crippen LogP contribution in [0.15, 0.2) is 122 Å². The molecule has 2 N–H and O–H groups in total. The third-order valence-electron chi connectivity index (χ3n) is 11.7. The van der Waals surface area contributed by atoms with E-state index >= 15 is 0 Å². The summed E-state index contributed by atoms with van der Waals surface area (Å²) in [5, 5.41) is 18.6. The standard InChI is InChI=1S/2C24H23N3/c1-16-11-20-13-26-15-24(20)22(17(16)2)10-9-21-8-7-19(14-27-21)23-6-4-3-5-18(23)12-25;1-16-13-24-23(11-12-26-24)21(17(16)2)10-9-20-8-7-19(15-27-20)22-6-4-3-5-18(22)14-25/h3-10,13-17,22,26H,11H2,1-2H3;3-12,15-17,21,26H,13H2,1-2H3/b2*10-9+/t16-,17+,22-;16-,17+,21-/m00/s1. The number of fused-ring (bicyclic) bond motifs is 2. The van der Waals surface area contributed by atoms with Crippen LogP contribution in [0, 0.1) is 46.3 Å². The number of nitrogens with zero attached hydrogens (tertiary/aromatic N) is 4. The fourth-order valence-electron chi connectivity index (χ4n) is 8.07. The second-order valence-electron chi connectivity index (χ2n) is 15.0. The summed E-state index contributed by atoms with van der Waals surface area (Å²) in [5.41, 5.74) is 12.6. The van der Waals surface area contributed by atoms with Gasteiger partial charge in [0, 0.05) is 70.8 Å². The van der Waals surface area contributed by atoms with Crippen molar-refractivity contribution in [2.75, 3.05) is 0 Å². The molecule has 6 nitrogen and oxygen atoms in total. The van der Waals surface area contributed by atoms with Gasteiger partial charge < -0.3 is 9.97 Å². The van der Waals surface area contributed by atoms with Gasteiger partial charge in [0.15, 0.2) is 0 Å². The summed E-state index contributed by atoms with van der Waals surface area (Å²) in [4.78, 5) is 15.9. The molecule has 6 aromatic rings. The van der Waals surface area contributed by atoms with Crippen LogP contribution >= 0.6 is 0 Å². The van der Waals surface area contributed by atoms with Crippen LogP contribution in [0.25, 0.3) is 34.4 Å². The molecule has 2 aromatic carbocycles. The molecule has 2 aliphatic rings. The fraction of sp³-hybridized carbons (Fsp3) is 0.250. The highest BCUT2D eigenvalue weighted by Gasteiger charge is 2.31. The van der Waals surface area contributed by atoms with Gasteiger partial charge >= 0.3 is 0 Å². The quantitative estimate of drug-likeness (QED) is 0.180. The molecule has 0 spiro atoms. The van der Waals surface area contributed by atoms with Crippen molar-refractivity contribution >= 4 is 12.2 Å². The van der Waals surface area contributed by atoms with Crippen molar-refractivity contribution in [3.63, 3.8) is 0 Å². The highest BCUT2D eigenvalue weighted by atomic mass is 14.7. The van der Waals surface area contributed by atoms with Gasteiger partial charge in [-0.15, -0.1) is 0 Å². The molecule has 54 heavy (non-hydrogen) atoms. The van der Waals surface area contributed by atoms with E-state index in [9.17, 15) is 10.5 Å². The minimum atomic E-state index is 0.413. The second-order valence-corrected chi connectivity index (χ2v) is 15.0. The molecule has 0 unspecified atom stereocenters. The lowest BCUT2D eigenvalue weighted by Gasteiger charge is -2.32. The first-order valence-electron chi connectivity index (χ1n) is 18.9. The van der Waals surface area contributed by atoms with Crippen molar-refractivity contribution in [2.45, 2.75) is 52.4 Å². The van der Waals surface area contributed by atoms with E-state index in [2.05, 4.69) is 109 Å². The number of nitriles is 2. The molecular formula is C48H46N6. The predicted molar refractivity (Wildman–Crippen MR) is 218 cm³/mol. The lowest BCUT2D eigenvalue weighted by Crippen LogP contribution is -2.24. The van der Waals surface area contributed by atoms with Crippen LogP contribution in [0.3, 0.4) is 0 Å². The largest absolute Gasteiger partial charge is 0.367 e. The summed E-state index contributed by atoms with van der Waals surface area (Å²) >= 11 is 0. The first-order chi connectivity index (χ1) is 26.3. The molecule has 0 saturated carbocycles. The van der Waals surface area contributed by atoms with Crippen molar-refractivity contribution in [2.24, 2.45) is 23.7 Å². The van der Waals surface area contributed by atoms with Crippen molar-refractivity contribution in [1.82, 2.24) is 19.9 Å². The van der Waals surface area contributed by atoms with Gasteiger partial charge in [-0.05, 0) is 95.7 Å². The third-order valence-corrected chi connectivity index (χ3v) is 11.7. The number of pyridine rings is 2. The smallest absolute Gasteiger partial charge is 0.0998 e. The Balaban J connectivity index is 0.000000167. The zero-order valence-corrected chi connectivity index (χ0v) is 31.4. The number of hydrogen-bond donors (Lipinski definition) is 2. The van der Waals surface area contributed by atoms with Gasteiger partial charge in [-0.1, -0.05) is 88.4 Å². The topological polar surface area (TPSA) is 105 Å². The van der Waals surface area contributed by atoms with Gasteiger partial charge in [0.05, 0.1) is 34.7 Å². The summed E-state index contributed by atoms with van der Waals surface area (Å²) in [6.07, 6.45) is 21.1. The number of aromatic nitrogens is 4. The van der Waals surface area contributed by atoms with E-state index < -0.39 is 0 Å². The van der Waals surface area contributed by atoms with E-state index in [1.54, 1.807) is 0 Å². The molecule has 2 aliphatic carbocycles. The molecule has 0 fully saturated rings. The molecule has 0 aliphatic heterocycles. The Morgan fingerprint density at radius 1 is 0.630 bits per heavy atom. The maximum absolute atomic E-state index is 9.29. The Morgan fingerprint density at radius 3 is 1.70 bits per heavy atom. The maximum Gasteiger partial charge on any atom is 0.0998 e. The number of benzene rings is 2. The number of allylic oxidation sites excluding steroid dienone is 2. The van der Waals surface area contributed by atoms with Gasteiger partial charge in [-0.2, -0.15) is 10.5 Å². The number of nitrogens with one attached hydrogen (secondary N) is 2. The van der Waals surface area contributed by atoms with Crippen molar-refractivity contribution in [1.29, 1.82) is 10.5 Å². The molecule has 8 rings (SSSR count). The van der Waals surface area contributed by atoms with Crippen LogP contribution in [0.4, 0.5) is 0 Å². The molecule has 6 heteroatoms. The highest BCUT2D eigenvalue weighted by molar-refractivity contribution is 5.71. The van der Waals surface area contributed by atoms with E-state index in [0.29, 0.717) is 46.6 Å². The second kappa shape index (κ2) is 16.2. The first kappa shape index (κ1) is 36.1. The molecule has 4 heterocycles. The SMILES string of the molecule is C[C@H]1[C@H](/C=C/c2ccc(-c3ccccc3C#N)cn2)c2c[nH]cc2C[C@@H]1C.C[C@H]1[C@H](/C=C/c2ccc(-c3ccccc3C#N)cn2)c2cc[nH]c2C[C@@H]1C. The minimum absolute atomic E-state index is 0.413. The van der Waals surface area contributed by atoms with E-state index in [-0.39, 0.29) is 0 Å². The Hall–Kier alpha value is -6.24. The van der Waals surface area contributed by atoms with Gasteiger partial charge in [0.1, 0.15) is 0 Å². The average Bonchev–Trinajstić information content (AvgIpc) is 3.88. The van der Waals surface area contributed by atoms with Crippen molar-refractivity contribution < 1.29 is 0 Å². The van der Waals surface area contributed by atoms with Crippen LogP contribution in [-0.2, 0) is 12.8 Å². The summed E-state index contributed by atoms with van der Waals surface area (Å²) < 4.78 is 0. The van der Waals surface area contributed by atoms with Gasteiger partial charge in [0.25, 0.3) is 0 Å². The predicted octanol–water partition coefficient (Wildman–Crippen LogP) is 11.1. The van der Waals surface area contributed by atoms with Gasteiger partial charge in [-0.25, -0.2) is 0 Å². The Kier molecular flexibility index (Phi) is 10.8. The average molecular weight is 707 g/mol. The maximum atomic E-state index is 9.29. The molecule has 0 radical (unpaired) electrons. The fourth-order valence-corrected chi connectivity index (χ4v) is 8.07. The number of hydrogen-bond acceptors (Lipinski definition) is 4. The molecule has 0 bridgehead atoms. The summed E-state index contributed by atoms with van der Waals surface area (Å²) in [6.45, 7) is 9.34. The zero-order chi connectivity index (χ0) is 37.6. The third kappa shape index (κ3) is 7.61. The van der Waals surface area contributed by atoms with E-state index in [4.69, 9.17) is 0 Å². The van der Waals surface area contributed by atoms with E-state index in [0.717, 1.165) is 46.5 Å². The number of H-pyrrole nitrogens is 2. The lowest BCUT2D eigenvalue weighted by atomic mass is 9.72. The normalized spacial score (nSPS) is 21.7. The zero-order valence-electron chi connectivity index (χ0n) is 31.4. The first-order valence-corrected chi connectivity index (χ1v) is 18.9. The molecule has 0 saturated heterocycles. The van der Waals surface area contributed by atoms with Crippen molar-refractivity contribution in [3.8, 4) is 34.4 Å². The number of rotatable bonds is 6. The van der Waals surface area contributed by atoms with Crippen LogP contribution in [0.2, 0.25) is 0 Å². The van der Waals surface area contributed by atoms with Crippen LogP contribution < -0.4 is 0 Å². The lowest BCUT2D eigenvalue weighted by molar-refractivity contribution is 0.330. The van der Waals surface area contributed by atoms with Gasteiger partial charge in [0.2, 0.25) is 0 Å². The Morgan fingerprint density at radius 2 is 1.17 bits per heavy atom. The molecule has 4 aromatic heterocycles. The highest BCUT2D eigenvalue weighted by Crippen LogP contribution is 2.41. The van der Waals surface area contributed by atoms with E-state index in [1.165, 1.54) is 22.4 Å². The molecular weight excluding hydrogens is 661 g/mol. The van der Waals surface area contributed by atoms with E-state index in [1.807, 2.05) is 85.2 Å². The van der Waals surface area contributed by atoms with Crippen LogP contribution in [-0.4, -0.2) is 19.9 Å². The Bertz CT molecular complexity index is 2180. The number of aromatic amines is 2.